The molecule has 1 aromatic rings. The lowest BCUT2D eigenvalue weighted by Crippen LogP contribution is -2.35. The molecule has 0 bridgehead atoms. The molecule has 20 heavy (non-hydrogen) atoms. The van der Waals surface area contributed by atoms with E-state index in [1.165, 1.54) is 37.2 Å². The predicted octanol–water partition coefficient (Wildman–Crippen LogP) is 2.85. The van der Waals surface area contributed by atoms with Crippen molar-refractivity contribution in [2.45, 2.75) is 59.5 Å². The number of nitrogens with zero attached hydrogens (tertiary/aromatic N) is 3. The highest BCUT2D eigenvalue weighted by Crippen LogP contribution is 2.34. The van der Waals surface area contributed by atoms with Crippen LogP contribution in [-0.2, 0) is 13.6 Å². The molecule has 1 aliphatic rings. The van der Waals surface area contributed by atoms with E-state index in [0.717, 1.165) is 24.7 Å². The molecule has 0 aliphatic heterocycles. The molecule has 1 heterocycles. The van der Waals surface area contributed by atoms with Crippen LogP contribution in [0.15, 0.2) is 0 Å². The molecule has 4 nitrogen and oxygen atoms in total. The smallest absolute Gasteiger partial charge is 0.131 e. The summed E-state index contributed by atoms with van der Waals surface area (Å²) in [7, 11) is 2.08. The highest BCUT2D eigenvalue weighted by atomic mass is 15.4. The Morgan fingerprint density at radius 2 is 2.10 bits per heavy atom. The fraction of sp³-hybridized carbons (Fsp3) is 0.812. The Morgan fingerprint density at radius 1 is 1.40 bits per heavy atom. The van der Waals surface area contributed by atoms with Crippen LogP contribution in [0.25, 0.3) is 0 Å². The summed E-state index contributed by atoms with van der Waals surface area (Å²) in [4.78, 5) is 2.54. The Bertz CT molecular complexity index is 432. The molecule has 0 radical (unpaired) electrons. The second kappa shape index (κ2) is 6.61. The van der Waals surface area contributed by atoms with Crippen LogP contribution in [0.4, 0.5) is 5.82 Å². The summed E-state index contributed by atoms with van der Waals surface area (Å²) in [5.74, 6) is 2.21. The van der Waals surface area contributed by atoms with Gasteiger partial charge in [0.05, 0.1) is 5.69 Å². The van der Waals surface area contributed by atoms with Crippen LogP contribution in [0.2, 0.25) is 0 Å². The van der Waals surface area contributed by atoms with E-state index in [-0.39, 0.29) is 0 Å². The Morgan fingerprint density at radius 3 is 2.65 bits per heavy atom. The lowest BCUT2D eigenvalue weighted by molar-refractivity contribution is 0.602. The molecule has 1 aromatic heterocycles. The molecule has 1 aliphatic carbocycles. The van der Waals surface area contributed by atoms with Gasteiger partial charge < -0.3 is 10.2 Å². The number of aryl methyl sites for hydroxylation is 2. The van der Waals surface area contributed by atoms with Gasteiger partial charge in [0.15, 0.2) is 0 Å². The monoisotopic (exact) mass is 278 g/mol. The van der Waals surface area contributed by atoms with Crippen molar-refractivity contribution in [2.75, 3.05) is 18.0 Å². The summed E-state index contributed by atoms with van der Waals surface area (Å²) in [6.07, 6.45) is 3.96. The SMILES string of the molecule is CCCNCc1c(C)nn(C)c1N(CC1CC1)C(C)C. The highest BCUT2D eigenvalue weighted by molar-refractivity contribution is 5.51. The molecule has 0 saturated heterocycles. The number of aromatic nitrogens is 2. The van der Waals surface area contributed by atoms with Crippen molar-refractivity contribution >= 4 is 5.82 Å². The van der Waals surface area contributed by atoms with Gasteiger partial charge in [-0.1, -0.05) is 6.92 Å². The molecule has 1 saturated carbocycles. The zero-order valence-electron chi connectivity index (χ0n) is 13.7. The minimum absolute atomic E-state index is 0.523. The standard InChI is InChI=1S/C16H30N4/c1-6-9-17-10-15-13(4)18-19(5)16(15)20(12(2)3)11-14-7-8-14/h12,14,17H,6-11H2,1-5H3. The van der Waals surface area contributed by atoms with Crippen LogP contribution in [0.1, 0.15) is 51.3 Å². The maximum Gasteiger partial charge on any atom is 0.131 e. The van der Waals surface area contributed by atoms with Crippen LogP contribution in [0.5, 0.6) is 0 Å². The summed E-state index contributed by atoms with van der Waals surface area (Å²) in [5.41, 5.74) is 2.53. The summed E-state index contributed by atoms with van der Waals surface area (Å²) in [5, 5.41) is 8.18. The predicted molar refractivity (Wildman–Crippen MR) is 85.1 cm³/mol. The van der Waals surface area contributed by atoms with Crippen LogP contribution in [0, 0.1) is 12.8 Å². The zero-order chi connectivity index (χ0) is 14.7. The van der Waals surface area contributed by atoms with Gasteiger partial charge in [0.2, 0.25) is 0 Å². The van der Waals surface area contributed by atoms with Crippen molar-refractivity contribution in [3.63, 3.8) is 0 Å². The van der Waals surface area contributed by atoms with E-state index in [2.05, 4.69) is 54.7 Å². The fourth-order valence-electron chi connectivity index (χ4n) is 2.77. The number of nitrogens with one attached hydrogen (secondary N) is 1. The average molecular weight is 278 g/mol. The van der Waals surface area contributed by atoms with E-state index < -0.39 is 0 Å². The van der Waals surface area contributed by atoms with Crippen LogP contribution in [-0.4, -0.2) is 28.9 Å². The first-order valence-electron chi connectivity index (χ1n) is 8.04. The summed E-state index contributed by atoms with van der Waals surface area (Å²) < 4.78 is 2.07. The number of hydrogen-bond donors (Lipinski definition) is 1. The van der Waals surface area contributed by atoms with Gasteiger partial charge in [-0.3, -0.25) is 4.68 Å². The Balaban J connectivity index is 2.21. The Hall–Kier alpha value is -1.03. The van der Waals surface area contributed by atoms with Crippen LogP contribution >= 0.6 is 0 Å². The van der Waals surface area contributed by atoms with E-state index in [1.807, 2.05) is 0 Å². The molecule has 4 heteroatoms. The molecule has 0 aromatic carbocycles. The van der Waals surface area contributed by atoms with Crippen molar-refractivity contribution in [2.24, 2.45) is 13.0 Å². The largest absolute Gasteiger partial charge is 0.354 e. The topological polar surface area (TPSA) is 33.1 Å². The van der Waals surface area contributed by atoms with Crippen molar-refractivity contribution in [1.82, 2.24) is 15.1 Å². The summed E-state index contributed by atoms with van der Waals surface area (Å²) in [6.45, 7) is 12.1. The fourth-order valence-corrected chi connectivity index (χ4v) is 2.77. The molecule has 0 unspecified atom stereocenters. The first-order valence-corrected chi connectivity index (χ1v) is 8.04. The van der Waals surface area contributed by atoms with Crippen molar-refractivity contribution < 1.29 is 0 Å². The van der Waals surface area contributed by atoms with Gasteiger partial charge in [0.1, 0.15) is 5.82 Å². The average Bonchev–Trinajstić information content (AvgIpc) is 3.15. The van der Waals surface area contributed by atoms with Gasteiger partial charge in [0, 0.05) is 31.7 Å². The van der Waals surface area contributed by atoms with Crippen molar-refractivity contribution in [3.8, 4) is 0 Å². The highest BCUT2D eigenvalue weighted by Gasteiger charge is 2.29. The number of rotatable bonds is 8. The Labute approximate surface area is 123 Å². The molecule has 0 spiro atoms. The number of hydrogen-bond acceptors (Lipinski definition) is 3. The summed E-state index contributed by atoms with van der Waals surface area (Å²) in [6, 6.07) is 0.523. The minimum atomic E-state index is 0.523. The zero-order valence-corrected chi connectivity index (χ0v) is 13.7. The molecule has 1 fully saturated rings. The van der Waals surface area contributed by atoms with Gasteiger partial charge in [0.25, 0.3) is 0 Å². The molecule has 0 atom stereocenters. The minimum Gasteiger partial charge on any atom is -0.354 e. The molecule has 1 N–H and O–H groups in total. The Kier molecular flexibility index (Phi) is 5.08. The first-order chi connectivity index (χ1) is 9.54. The van der Waals surface area contributed by atoms with Crippen molar-refractivity contribution in [1.29, 1.82) is 0 Å². The molecule has 2 rings (SSSR count). The lowest BCUT2D eigenvalue weighted by atomic mass is 10.2. The molecular weight excluding hydrogens is 248 g/mol. The van der Waals surface area contributed by atoms with Gasteiger partial charge in [-0.2, -0.15) is 5.10 Å². The third-order valence-electron chi connectivity index (χ3n) is 4.09. The molecule has 0 amide bonds. The van der Waals surface area contributed by atoms with E-state index in [9.17, 15) is 0 Å². The first kappa shape index (κ1) is 15.4. The van der Waals surface area contributed by atoms with Gasteiger partial charge >= 0.3 is 0 Å². The summed E-state index contributed by atoms with van der Waals surface area (Å²) >= 11 is 0. The lowest BCUT2D eigenvalue weighted by Gasteiger charge is -2.30. The molecule has 114 valence electrons. The normalized spacial score (nSPS) is 15.1. The maximum absolute atomic E-state index is 4.66. The van der Waals surface area contributed by atoms with E-state index >= 15 is 0 Å². The second-order valence-electron chi connectivity index (χ2n) is 6.38. The third kappa shape index (κ3) is 3.54. The van der Waals surface area contributed by atoms with Crippen molar-refractivity contribution in [3.05, 3.63) is 11.3 Å². The van der Waals surface area contributed by atoms with E-state index in [1.54, 1.807) is 0 Å². The van der Waals surface area contributed by atoms with Crippen LogP contribution < -0.4 is 10.2 Å². The van der Waals surface area contributed by atoms with Gasteiger partial charge in [-0.05, 0) is 52.5 Å². The third-order valence-corrected chi connectivity index (χ3v) is 4.09. The second-order valence-corrected chi connectivity index (χ2v) is 6.38. The number of anilines is 1. The van der Waals surface area contributed by atoms with Gasteiger partial charge in [-0.25, -0.2) is 0 Å². The van der Waals surface area contributed by atoms with Gasteiger partial charge in [-0.15, -0.1) is 0 Å². The van der Waals surface area contributed by atoms with E-state index in [4.69, 9.17) is 0 Å². The van der Waals surface area contributed by atoms with Crippen LogP contribution in [0.3, 0.4) is 0 Å². The quantitative estimate of drug-likeness (QED) is 0.742. The maximum atomic E-state index is 4.66. The van der Waals surface area contributed by atoms with E-state index in [0.29, 0.717) is 6.04 Å². The molecular formula is C16H30N4.